The van der Waals surface area contributed by atoms with Crippen LogP contribution >= 0.6 is 0 Å². The summed E-state index contributed by atoms with van der Waals surface area (Å²) in [5, 5.41) is 17.8. The van der Waals surface area contributed by atoms with Crippen molar-refractivity contribution in [3.8, 4) is 5.75 Å². The number of hydrogen-bond donors (Lipinski definition) is 2. The first-order valence-electron chi connectivity index (χ1n) is 6.12. The van der Waals surface area contributed by atoms with Gasteiger partial charge in [-0.3, -0.25) is 0 Å². The number of aliphatic carboxylic acids is 1. The molecule has 1 fully saturated rings. The molecule has 0 amide bonds. The number of carbonyl (C=O) groups is 1. The maximum absolute atomic E-state index is 12.4. The lowest BCUT2D eigenvalue weighted by Gasteiger charge is -2.34. The van der Waals surface area contributed by atoms with Gasteiger partial charge in [-0.25, -0.2) is 13.2 Å². The summed E-state index contributed by atoms with van der Waals surface area (Å²) >= 11 is 0. The summed E-state index contributed by atoms with van der Waals surface area (Å²) in [7, 11) is -2.42. The third-order valence-electron chi connectivity index (χ3n) is 3.05. The van der Waals surface area contributed by atoms with E-state index < -0.39 is 22.1 Å². The number of ether oxygens (including phenoxy) is 1. The minimum atomic E-state index is -3.77. The molecule has 0 saturated carbocycles. The Balaban J connectivity index is 2.40. The van der Waals surface area contributed by atoms with Crippen LogP contribution in [-0.4, -0.2) is 55.2 Å². The molecule has 1 aromatic carbocycles. The van der Waals surface area contributed by atoms with Crippen LogP contribution in [0.15, 0.2) is 29.2 Å². The Morgan fingerprint density at radius 1 is 1.43 bits per heavy atom. The van der Waals surface area contributed by atoms with Crippen molar-refractivity contribution in [2.75, 3.05) is 20.2 Å². The molecule has 0 aromatic heterocycles. The Hall–Kier alpha value is -1.90. The Morgan fingerprint density at radius 3 is 2.62 bits per heavy atom. The molecule has 8 heteroatoms. The lowest BCUT2D eigenvalue weighted by molar-refractivity contribution is -0.131. The topological polar surface area (TPSA) is 104 Å². The molecule has 2 N–H and O–H groups in total. The van der Waals surface area contributed by atoms with Crippen molar-refractivity contribution in [1.82, 2.24) is 4.31 Å². The second-order valence-corrected chi connectivity index (χ2v) is 6.46. The number of sulfonamides is 1. The predicted octanol–water partition coefficient (Wildman–Crippen LogP) is 0.158. The quantitative estimate of drug-likeness (QED) is 0.750. The van der Waals surface area contributed by atoms with Crippen molar-refractivity contribution in [3.05, 3.63) is 29.8 Å². The predicted molar refractivity (Wildman–Crippen MR) is 74.4 cm³/mol. The van der Waals surface area contributed by atoms with E-state index in [1.807, 2.05) is 0 Å². The number of aliphatic hydroxyl groups excluding tert-OH is 1. The van der Waals surface area contributed by atoms with Gasteiger partial charge in [0, 0.05) is 19.2 Å². The summed E-state index contributed by atoms with van der Waals surface area (Å²) < 4.78 is 31.0. The number of β-amino-alcohol motifs (C(OH)–C–C–N with tert-alkyl or cyclic N) is 1. The van der Waals surface area contributed by atoms with Gasteiger partial charge >= 0.3 is 5.97 Å². The minimum Gasteiger partial charge on any atom is -0.495 e. The normalized spacial score (nSPS) is 16.9. The van der Waals surface area contributed by atoms with Crippen molar-refractivity contribution in [2.45, 2.75) is 11.0 Å². The SMILES string of the molecule is COc1ccc(/C=C/C(=O)O)cc1S(=O)(=O)N1CC(O)C1. The molecule has 114 valence electrons. The van der Waals surface area contributed by atoms with E-state index >= 15 is 0 Å². The summed E-state index contributed by atoms with van der Waals surface area (Å²) in [6.07, 6.45) is 1.57. The zero-order valence-corrected chi connectivity index (χ0v) is 12.1. The summed E-state index contributed by atoms with van der Waals surface area (Å²) in [6, 6.07) is 4.37. The minimum absolute atomic E-state index is 0.0423. The summed E-state index contributed by atoms with van der Waals surface area (Å²) in [4.78, 5) is 10.5. The van der Waals surface area contributed by atoms with E-state index in [0.29, 0.717) is 5.56 Å². The fraction of sp³-hybridized carbons (Fsp3) is 0.308. The zero-order chi connectivity index (χ0) is 15.6. The molecule has 1 aliphatic heterocycles. The standard InChI is InChI=1S/C13H15NO6S/c1-20-11-4-2-9(3-5-13(16)17)6-12(11)21(18,19)14-7-10(15)8-14/h2-6,10,15H,7-8H2,1H3,(H,16,17)/b5-3+. The van der Waals surface area contributed by atoms with Gasteiger partial charge < -0.3 is 14.9 Å². The van der Waals surface area contributed by atoms with Crippen LogP contribution in [0.3, 0.4) is 0 Å². The molecule has 7 nitrogen and oxygen atoms in total. The number of carboxylic acids is 1. The first-order chi connectivity index (χ1) is 9.84. The number of hydrogen-bond acceptors (Lipinski definition) is 5. The van der Waals surface area contributed by atoms with E-state index in [9.17, 15) is 18.3 Å². The Kier molecular flexibility index (Phi) is 4.31. The van der Waals surface area contributed by atoms with Crippen molar-refractivity contribution in [1.29, 1.82) is 0 Å². The Labute approximate surface area is 122 Å². The molecule has 0 atom stereocenters. The molecule has 0 radical (unpaired) electrons. The second-order valence-electron chi connectivity index (χ2n) is 4.56. The van der Waals surface area contributed by atoms with Crippen LogP contribution in [0, 0.1) is 0 Å². The van der Waals surface area contributed by atoms with Crippen molar-refractivity contribution < 1.29 is 28.2 Å². The Bertz CT molecular complexity index is 676. The van der Waals surface area contributed by atoms with Gasteiger partial charge in [0.05, 0.1) is 13.2 Å². The molecule has 1 heterocycles. The van der Waals surface area contributed by atoms with Gasteiger partial charge in [0.1, 0.15) is 10.6 Å². The molecule has 1 saturated heterocycles. The van der Waals surface area contributed by atoms with Crippen molar-refractivity contribution in [3.63, 3.8) is 0 Å². The van der Waals surface area contributed by atoms with Crippen LogP contribution in [0.1, 0.15) is 5.56 Å². The molecule has 0 bridgehead atoms. The lowest BCUT2D eigenvalue weighted by Crippen LogP contribution is -2.53. The number of nitrogens with zero attached hydrogens (tertiary/aromatic N) is 1. The number of carboxylic acid groups (broad SMARTS) is 1. The van der Waals surface area contributed by atoms with E-state index in [2.05, 4.69) is 0 Å². The van der Waals surface area contributed by atoms with Crippen LogP contribution in [0.2, 0.25) is 0 Å². The van der Waals surface area contributed by atoms with Crippen LogP contribution in [0.4, 0.5) is 0 Å². The second kappa shape index (κ2) is 5.84. The van der Waals surface area contributed by atoms with Crippen molar-refractivity contribution >= 4 is 22.1 Å². The first-order valence-corrected chi connectivity index (χ1v) is 7.56. The Morgan fingerprint density at radius 2 is 2.10 bits per heavy atom. The average molecular weight is 313 g/mol. The molecular weight excluding hydrogens is 298 g/mol. The molecule has 0 unspecified atom stereocenters. The third kappa shape index (κ3) is 3.23. The number of methoxy groups -OCH3 is 1. The molecule has 1 aromatic rings. The molecule has 21 heavy (non-hydrogen) atoms. The largest absolute Gasteiger partial charge is 0.495 e. The van der Waals surface area contributed by atoms with Gasteiger partial charge in [-0.2, -0.15) is 4.31 Å². The third-order valence-corrected chi connectivity index (χ3v) is 4.91. The maximum atomic E-state index is 12.4. The van der Waals surface area contributed by atoms with Crippen molar-refractivity contribution in [2.24, 2.45) is 0 Å². The summed E-state index contributed by atoms with van der Waals surface area (Å²) in [5.41, 5.74) is 0.429. The van der Waals surface area contributed by atoms with Gasteiger partial charge in [-0.05, 0) is 23.8 Å². The fourth-order valence-corrected chi connectivity index (χ4v) is 3.62. The van der Waals surface area contributed by atoms with E-state index in [0.717, 1.165) is 10.4 Å². The van der Waals surface area contributed by atoms with E-state index in [-0.39, 0.29) is 23.7 Å². The monoisotopic (exact) mass is 313 g/mol. The van der Waals surface area contributed by atoms with Gasteiger partial charge in [0.25, 0.3) is 0 Å². The molecule has 1 aliphatic rings. The molecular formula is C13H15NO6S. The fourth-order valence-electron chi connectivity index (χ4n) is 1.92. The first kappa shape index (κ1) is 15.5. The highest BCUT2D eigenvalue weighted by atomic mass is 32.2. The number of rotatable bonds is 5. The summed E-state index contributed by atoms with van der Waals surface area (Å²) in [6.45, 7) is 0.0847. The maximum Gasteiger partial charge on any atom is 0.328 e. The highest BCUT2D eigenvalue weighted by molar-refractivity contribution is 7.89. The molecule has 2 rings (SSSR count). The van der Waals surface area contributed by atoms with E-state index in [1.165, 1.54) is 25.3 Å². The number of benzene rings is 1. The van der Waals surface area contributed by atoms with E-state index in [4.69, 9.17) is 9.84 Å². The molecule has 0 spiro atoms. The molecule has 0 aliphatic carbocycles. The van der Waals surface area contributed by atoms with Gasteiger partial charge in [-0.1, -0.05) is 6.07 Å². The van der Waals surface area contributed by atoms with Crippen LogP contribution in [0.25, 0.3) is 6.08 Å². The van der Waals surface area contributed by atoms with Gasteiger partial charge in [0.15, 0.2) is 0 Å². The average Bonchev–Trinajstić information content (AvgIpc) is 2.41. The lowest BCUT2D eigenvalue weighted by atomic mass is 10.2. The highest BCUT2D eigenvalue weighted by Gasteiger charge is 2.37. The smallest absolute Gasteiger partial charge is 0.328 e. The van der Waals surface area contributed by atoms with Gasteiger partial charge in [0.2, 0.25) is 10.0 Å². The van der Waals surface area contributed by atoms with Crippen LogP contribution in [-0.2, 0) is 14.8 Å². The van der Waals surface area contributed by atoms with Crippen LogP contribution < -0.4 is 4.74 Å². The number of aliphatic hydroxyl groups is 1. The van der Waals surface area contributed by atoms with Crippen LogP contribution in [0.5, 0.6) is 5.75 Å². The van der Waals surface area contributed by atoms with E-state index in [1.54, 1.807) is 6.07 Å². The van der Waals surface area contributed by atoms with Gasteiger partial charge in [-0.15, -0.1) is 0 Å². The summed E-state index contributed by atoms with van der Waals surface area (Å²) in [5.74, 6) is -0.954. The highest BCUT2D eigenvalue weighted by Crippen LogP contribution is 2.30. The zero-order valence-electron chi connectivity index (χ0n) is 11.3.